The summed E-state index contributed by atoms with van der Waals surface area (Å²) in [7, 11) is 1.70. The minimum atomic E-state index is -1.08. The summed E-state index contributed by atoms with van der Waals surface area (Å²) in [5.74, 6) is -1.25. The molecule has 1 amide bonds. The number of aromatic carboxylic acids is 1. The molecule has 0 saturated heterocycles. The summed E-state index contributed by atoms with van der Waals surface area (Å²) >= 11 is 0.972. The first kappa shape index (κ1) is 17.1. The second-order valence-corrected chi connectivity index (χ2v) is 6.39. The lowest BCUT2D eigenvalue weighted by molar-refractivity contribution is -0.130. The maximum Gasteiger partial charge on any atom is 0.346 e. The van der Waals surface area contributed by atoms with E-state index in [2.05, 4.69) is 4.98 Å². The van der Waals surface area contributed by atoms with Crippen molar-refractivity contribution in [3.63, 3.8) is 0 Å². The summed E-state index contributed by atoms with van der Waals surface area (Å²) < 4.78 is 1.23. The number of nitrogens with zero attached hydrogens (tertiary/aromatic N) is 3. The smallest absolute Gasteiger partial charge is 0.346 e. The average Bonchev–Trinajstić information content (AvgIpc) is 2.85. The van der Waals surface area contributed by atoms with Crippen molar-refractivity contribution in [2.45, 2.75) is 33.2 Å². The number of carboxylic acids is 1. The number of likely N-dealkylation sites (N-methyl/N-ethyl adjacent to an activating group) is 1. The number of aryl methyl sites for hydroxylation is 1. The molecule has 2 heterocycles. The molecule has 23 heavy (non-hydrogen) atoms. The second kappa shape index (κ2) is 6.91. The molecule has 0 aliphatic heterocycles. The van der Waals surface area contributed by atoms with Gasteiger partial charge in [-0.15, -0.1) is 11.3 Å². The van der Waals surface area contributed by atoms with Crippen LogP contribution in [-0.2, 0) is 11.3 Å². The third-order valence-electron chi connectivity index (χ3n) is 3.69. The number of amides is 1. The fourth-order valence-electron chi connectivity index (χ4n) is 2.26. The maximum atomic E-state index is 12.5. The first-order valence-corrected chi connectivity index (χ1v) is 8.14. The molecule has 0 bridgehead atoms. The molecule has 0 saturated carbocycles. The molecular formula is C15H19N3O4S. The lowest BCUT2D eigenvalue weighted by Gasteiger charge is -2.17. The highest BCUT2D eigenvalue weighted by molar-refractivity contribution is 7.20. The highest BCUT2D eigenvalue weighted by atomic mass is 32.1. The molecule has 2 rings (SSSR count). The first-order valence-electron chi connectivity index (χ1n) is 7.32. The van der Waals surface area contributed by atoms with Crippen molar-refractivity contribution in [2.24, 2.45) is 0 Å². The van der Waals surface area contributed by atoms with Crippen LogP contribution in [0.4, 0.5) is 0 Å². The van der Waals surface area contributed by atoms with Crippen molar-refractivity contribution in [3.05, 3.63) is 27.1 Å². The fraction of sp³-hybridized carbons (Fsp3) is 0.467. The van der Waals surface area contributed by atoms with Crippen LogP contribution in [0.5, 0.6) is 0 Å². The number of carboxylic acid groups (broad SMARTS) is 1. The Kier molecular flexibility index (Phi) is 5.15. The van der Waals surface area contributed by atoms with Crippen molar-refractivity contribution in [1.82, 2.24) is 14.5 Å². The third kappa shape index (κ3) is 3.42. The standard InChI is InChI=1S/C15H19N3O4S/c1-4-5-6-17(3)10(19)7-18-8-16-13-11(14(18)20)9(2)12(23-13)15(21)22/h8H,4-7H2,1-3H3,(H,21,22). The van der Waals surface area contributed by atoms with E-state index < -0.39 is 5.97 Å². The predicted molar refractivity (Wildman–Crippen MR) is 88.1 cm³/mol. The maximum absolute atomic E-state index is 12.5. The van der Waals surface area contributed by atoms with Crippen LogP contribution in [0.25, 0.3) is 10.2 Å². The van der Waals surface area contributed by atoms with E-state index in [1.54, 1.807) is 18.9 Å². The van der Waals surface area contributed by atoms with Crippen LogP contribution in [-0.4, -0.2) is 45.0 Å². The highest BCUT2D eigenvalue weighted by Gasteiger charge is 2.19. The molecule has 0 radical (unpaired) electrons. The Labute approximate surface area is 137 Å². The molecule has 0 spiro atoms. The highest BCUT2D eigenvalue weighted by Crippen LogP contribution is 2.26. The van der Waals surface area contributed by atoms with E-state index in [0.717, 1.165) is 24.2 Å². The van der Waals surface area contributed by atoms with E-state index in [1.807, 2.05) is 6.92 Å². The summed E-state index contributed by atoms with van der Waals surface area (Å²) in [6.45, 7) is 4.17. The van der Waals surface area contributed by atoms with Gasteiger partial charge in [-0.3, -0.25) is 14.2 Å². The van der Waals surface area contributed by atoms with Gasteiger partial charge in [0.2, 0.25) is 5.91 Å². The van der Waals surface area contributed by atoms with Gasteiger partial charge in [0.15, 0.2) is 0 Å². The van der Waals surface area contributed by atoms with E-state index in [4.69, 9.17) is 5.11 Å². The van der Waals surface area contributed by atoms with E-state index in [0.29, 0.717) is 16.9 Å². The molecule has 0 aliphatic rings. The number of aromatic nitrogens is 2. The van der Waals surface area contributed by atoms with Crippen molar-refractivity contribution < 1.29 is 14.7 Å². The SMILES string of the molecule is CCCCN(C)C(=O)Cn1cnc2sc(C(=O)O)c(C)c2c1=O. The molecule has 1 N–H and O–H groups in total. The molecule has 7 nitrogen and oxygen atoms in total. The number of hydrogen-bond acceptors (Lipinski definition) is 5. The van der Waals surface area contributed by atoms with Gasteiger partial charge in [0.1, 0.15) is 16.3 Å². The van der Waals surface area contributed by atoms with Crippen LogP contribution in [0.1, 0.15) is 35.0 Å². The molecular weight excluding hydrogens is 318 g/mol. The summed E-state index contributed by atoms with van der Waals surface area (Å²) in [6, 6.07) is 0. The lowest BCUT2D eigenvalue weighted by Crippen LogP contribution is -2.34. The predicted octanol–water partition coefficient (Wildman–Crippen LogP) is 1.72. The Balaban J connectivity index is 2.34. The minimum absolute atomic E-state index is 0.0975. The molecule has 0 fully saturated rings. The number of carbonyl (C=O) groups excluding carboxylic acids is 1. The molecule has 124 valence electrons. The zero-order valence-corrected chi connectivity index (χ0v) is 14.1. The average molecular weight is 337 g/mol. The van der Waals surface area contributed by atoms with Gasteiger partial charge in [0.05, 0.1) is 11.7 Å². The number of carbonyl (C=O) groups is 2. The van der Waals surface area contributed by atoms with Gasteiger partial charge in [-0.2, -0.15) is 0 Å². The van der Waals surface area contributed by atoms with E-state index >= 15 is 0 Å². The van der Waals surface area contributed by atoms with Gasteiger partial charge in [0.25, 0.3) is 5.56 Å². The molecule has 2 aromatic rings. The molecule has 0 atom stereocenters. The first-order chi connectivity index (χ1) is 10.9. The lowest BCUT2D eigenvalue weighted by atomic mass is 10.2. The summed E-state index contributed by atoms with van der Waals surface area (Å²) in [5, 5.41) is 9.42. The number of unbranched alkanes of at least 4 members (excludes halogenated alkanes) is 1. The third-order valence-corrected chi connectivity index (χ3v) is 4.88. The van der Waals surface area contributed by atoms with Gasteiger partial charge in [0, 0.05) is 13.6 Å². The van der Waals surface area contributed by atoms with Gasteiger partial charge in [-0.25, -0.2) is 9.78 Å². The largest absolute Gasteiger partial charge is 0.477 e. The molecule has 0 unspecified atom stereocenters. The Hall–Kier alpha value is -2.22. The van der Waals surface area contributed by atoms with Crippen molar-refractivity contribution in [3.8, 4) is 0 Å². The van der Waals surface area contributed by atoms with E-state index in [-0.39, 0.29) is 28.3 Å². The summed E-state index contributed by atoms with van der Waals surface area (Å²) in [6.07, 6.45) is 3.19. The number of rotatable bonds is 6. The number of thiophene rings is 1. The van der Waals surface area contributed by atoms with E-state index in [1.165, 1.54) is 10.9 Å². The minimum Gasteiger partial charge on any atom is -0.477 e. The Morgan fingerprint density at radius 2 is 2.13 bits per heavy atom. The van der Waals surface area contributed by atoms with Crippen LogP contribution in [0.2, 0.25) is 0 Å². The molecule has 0 aliphatic carbocycles. The Bertz CT molecular complexity index is 809. The summed E-state index contributed by atoms with van der Waals surface area (Å²) in [5.41, 5.74) is 0.0182. The summed E-state index contributed by atoms with van der Waals surface area (Å²) in [4.78, 5) is 42.0. The van der Waals surface area contributed by atoms with Gasteiger partial charge in [-0.05, 0) is 18.9 Å². The Morgan fingerprint density at radius 1 is 1.43 bits per heavy atom. The quantitative estimate of drug-likeness (QED) is 0.866. The van der Waals surface area contributed by atoms with Crippen LogP contribution in [0.3, 0.4) is 0 Å². The fourth-order valence-corrected chi connectivity index (χ4v) is 3.24. The van der Waals surface area contributed by atoms with Crippen LogP contribution in [0.15, 0.2) is 11.1 Å². The molecule has 2 aromatic heterocycles. The van der Waals surface area contributed by atoms with Crippen molar-refractivity contribution in [1.29, 1.82) is 0 Å². The monoisotopic (exact) mass is 337 g/mol. The normalized spacial score (nSPS) is 10.9. The number of fused-ring (bicyclic) bond motifs is 1. The Morgan fingerprint density at radius 3 is 2.74 bits per heavy atom. The second-order valence-electron chi connectivity index (χ2n) is 5.39. The van der Waals surface area contributed by atoms with Crippen molar-refractivity contribution in [2.75, 3.05) is 13.6 Å². The molecule has 0 aromatic carbocycles. The molecule has 8 heteroatoms. The van der Waals surface area contributed by atoms with Gasteiger partial charge < -0.3 is 10.0 Å². The van der Waals surface area contributed by atoms with Crippen LogP contribution >= 0.6 is 11.3 Å². The van der Waals surface area contributed by atoms with Gasteiger partial charge in [-0.1, -0.05) is 13.3 Å². The van der Waals surface area contributed by atoms with Crippen molar-refractivity contribution >= 4 is 33.4 Å². The zero-order valence-electron chi connectivity index (χ0n) is 13.3. The van der Waals surface area contributed by atoms with E-state index in [9.17, 15) is 14.4 Å². The van der Waals surface area contributed by atoms with Crippen LogP contribution < -0.4 is 5.56 Å². The van der Waals surface area contributed by atoms with Gasteiger partial charge >= 0.3 is 5.97 Å². The topological polar surface area (TPSA) is 92.5 Å². The zero-order chi connectivity index (χ0) is 17.1. The number of hydrogen-bond donors (Lipinski definition) is 1. The van der Waals surface area contributed by atoms with Crippen LogP contribution in [0, 0.1) is 6.92 Å².